The van der Waals surface area contributed by atoms with Gasteiger partial charge in [-0.15, -0.1) is 10.2 Å². The number of aromatic nitrogens is 7. The van der Waals surface area contributed by atoms with Crippen LogP contribution in [0.25, 0.3) is 17.8 Å². The third-order valence-electron chi connectivity index (χ3n) is 3.52. The van der Waals surface area contributed by atoms with Gasteiger partial charge in [-0.05, 0) is 46.8 Å². The van der Waals surface area contributed by atoms with Gasteiger partial charge in [-0.25, -0.2) is 19.0 Å². The van der Waals surface area contributed by atoms with Gasteiger partial charge in [0.1, 0.15) is 5.60 Å². The number of carbonyl (C=O) groups excluding carboxylic acids is 1. The standard InChI is InChI=1S/C17H22N8O2/c1-10-9-18-11(2)14-19-12(22-25(10)14)7-8-13-20-15(23-24(13)6)21-16(26)27-17(3,4)5/h7-9H,1-6H3,(H,21,23,26)/b8-7+. The fourth-order valence-corrected chi connectivity index (χ4v) is 2.32. The summed E-state index contributed by atoms with van der Waals surface area (Å²) in [6, 6.07) is 0. The number of fused-ring (bicyclic) bond motifs is 1. The molecule has 3 rings (SSSR count). The molecule has 0 atom stereocenters. The third kappa shape index (κ3) is 4.27. The summed E-state index contributed by atoms with van der Waals surface area (Å²) in [7, 11) is 1.72. The van der Waals surface area contributed by atoms with Crippen LogP contribution in [0, 0.1) is 13.8 Å². The van der Waals surface area contributed by atoms with Crippen molar-refractivity contribution in [3.8, 4) is 0 Å². The summed E-state index contributed by atoms with van der Waals surface area (Å²) in [5, 5.41) is 11.1. The molecule has 0 unspecified atom stereocenters. The highest BCUT2D eigenvalue weighted by molar-refractivity contribution is 5.82. The van der Waals surface area contributed by atoms with Crippen molar-refractivity contribution in [3.63, 3.8) is 0 Å². The Kier molecular flexibility index (Phi) is 4.64. The highest BCUT2D eigenvalue weighted by Gasteiger charge is 2.18. The molecule has 0 saturated heterocycles. The van der Waals surface area contributed by atoms with Gasteiger partial charge in [0.25, 0.3) is 5.95 Å². The van der Waals surface area contributed by atoms with Crippen LogP contribution < -0.4 is 5.32 Å². The lowest BCUT2D eigenvalue weighted by molar-refractivity contribution is 0.0634. The molecule has 10 heteroatoms. The average Bonchev–Trinajstić information content (AvgIpc) is 3.11. The number of aryl methyl sites for hydroxylation is 3. The topological polar surface area (TPSA) is 112 Å². The number of nitrogens with one attached hydrogen (secondary N) is 1. The number of rotatable bonds is 3. The minimum Gasteiger partial charge on any atom is -0.444 e. The van der Waals surface area contributed by atoms with Gasteiger partial charge in [0.05, 0.1) is 11.4 Å². The van der Waals surface area contributed by atoms with Gasteiger partial charge >= 0.3 is 6.09 Å². The summed E-state index contributed by atoms with van der Waals surface area (Å²) >= 11 is 0. The summed E-state index contributed by atoms with van der Waals surface area (Å²) in [6.07, 6.45) is 4.60. The van der Waals surface area contributed by atoms with Crippen LogP contribution in [0.2, 0.25) is 0 Å². The molecule has 1 N–H and O–H groups in total. The smallest absolute Gasteiger partial charge is 0.414 e. The van der Waals surface area contributed by atoms with E-state index in [4.69, 9.17) is 4.74 Å². The molecule has 0 saturated carbocycles. The molecule has 3 aromatic heterocycles. The zero-order valence-corrected chi connectivity index (χ0v) is 16.2. The highest BCUT2D eigenvalue weighted by atomic mass is 16.6. The van der Waals surface area contributed by atoms with Crippen LogP contribution in [-0.4, -0.2) is 46.0 Å². The Labute approximate surface area is 156 Å². The highest BCUT2D eigenvalue weighted by Crippen LogP contribution is 2.12. The van der Waals surface area contributed by atoms with Crippen LogP contribution in [-0.2, 0) is 11.8 Å². The predicted molar refractivity (Wildman–Crippen MR) is 100 cm³/mol. The first-order valence-corrected chi connectivity index (χ1v) is 8.40. The first-order valence-electron chi connectivity index (χ1n) is 8.40. The molecule has 0 aromatic carbocycles. The summed E-state index contributed by atoms with van der Waals surface area (Å²) in [4.78, 5) is 24.8. The number of carbonyl (C=O) groups is 1. The summed E-state index contributed by atoms with van der Waals surface area (Å²) < 4.78 is 8.47. The van der Waals surface area contributed by atoms with Crippen molar-refractivity contribution in [2.75, 3.05) is 5.32 Å². The average molecular weight is 370 g/mol. The van der Waals surface area contributed by atoms with Crippen molar-refractivity contribution < 1.29 is 9.53 Å². The monoisotopic (exact) mass is 370 g/mol. The summed E-state index contributed by atoms with van der Waals surface area (Å²) in [5.74, 6) is 1.22. The number of hydrogen-bond acceptors (Lipinski definition) is 7. The van der Waals surface area contributed by atoms with Crippen molar-refractivity contribution >= 4 is 29.8 Å². The molecule has 3 heterocycles. The molecular weight excluding hydrogens is 348 g/mol. The van der Waals surface area contributed by atoms with Crippen molar-refractivity contribution in [1.82, 2.24) is 34.3 Å². The van der Waals surface area contributed by atoms with Crippen molar-refractivity contribution in [2.45, 2.75) is 40.2 Å². The molecule has 3 aromatic rings. The number of amides is 1. The Bertz CT molecular complexity index is 987. The van der Waals surface area contributed by atoms with E-state index in [1.54, 1.807) is 50.7 Å². The van der Waals surface area contributed by atoms with E-state index in [0.717, 1.165) is 11.4 Å². The minimum absolute atomic E-state index is 0.158. The van der Waals surface area contributed by atoms with E-state index in [-0.39, 0.29) is 5.95 Å². The normalized spacial score (nSPS) is 12.1. The maximum atomic E-state index is 11.8. The molecular formula is C17H22N8O2. The molecule has 142 valence electrons. The number of ether oxygens (including phenoxy) is 1. The molecule has 0 aliphatic carbocycles. The Morgan fingerprint density at radius 1 is 1.19 bits per heavy atom. The third-order valence-corrected chi connectivity index (χ3v) is 3.52. The second-order valence-corrected chi connectivity index (χ2v) is 7.07. The van der Waals surface area contributed by atoms with Crippen LogP contribution >= 0.6 is 0 Å². The first kappa shape index (κ1) is 18.5. The number of anilines is 1. The molecule has 0 fully saturated rings. The number of nitrogens with zero attached hydrogens (tertiary/aromatic N) is 7. The Hall–Kier alpha value is -3.30. The molecule has 0 aliphatic heterocycles. The van der Waals surface area contributed by atoms with E-state index in [1.807, 2.05) is 13.8 Å². The molecule has 0 bridgehead atoms. The summed E-state index contributed by atoms with van der Waals surface area (Å²) in [5.41, 5.74) is 1.81. The van der Waals surface area contributed by atoms with Gasteiger partial charge in [-0.2, -0.15) is 4.98 Å². The fraction of sp³-hybridized carbons (Fsp3) is 0.412. The van der Waals surface area contributed by atoms with Crippen LogP contribution in [0.5, 0.6) is 0 Å². The predicted octanol–water partition coefficient (Wildman–Crippen LogP) is 2.39. The van der Waals surface area contributed by atoms with E-state index in [9.17, 15) is 4.79 Å². The molecule has 1 amide bonds. The first-order chi connectivity index (χ1) is 12.6. The SMILES string of the molecule is Cc1ncc(C)n2nc(/C=C/c3nc(NC(=O)OC(C)(C)C)nn3C)nc12. The second kappa shape index (κ2) is 6.78. The van der Waals surface area contributed by atoms with Crippen molar-refractivity contribution in [3.05, 3.63) is 29.2 Å². The number of hydrogen-bond donors (Lipinski definition) is 1. The van der Waals surface area contributed by atoms with Crippen molar-refractivity contribution in [1.29, 1.82) is 0 Å². The van der Waals surface area contributed by atoms with Gasteiger partial charge < -0.3 is 4.74 Å². The molecule has 0 aliphatic rings. The quantitative estimate of drug-likeness (QED) is 0.753. The van der Waals surface area contributed by atoms with E-state index in [0.29, 0.717) is 17.3 Å². The van der Waals surface area contributed by atoms with E-state index < -0.39 is 11.7 Å². The Balaban J connectivity index is 1.78. The van der Waals surface area contributed by atoms with Gasteiger partial charge in [0.2, 0.25) is 0 Å². The van der Waals surface area contributed by atoms with E-state index in [2.05, 4.69) is 30.5 Å². The van der Waals surface area contributed by atoms with E-state index in [1.165, 1.54) is 4.68 Å². The van der Waals surface area contributed by atoms with Crippen LogP contribution in [0.3, 0.4) is 0 Å². The molecule has 27 heavy (non-hydrogen) atoms. The lowest BCUT2D eigenvalue weighted by atomic mass is 10.2. The Morgan fingerprint density at radius 3 is 2.59 bits per heavy atom. The maximum Gasteiger partial charge on any atom is 0.414 e. The van der Waals surface area contributed by atoms with Crippen LogP contribution in [0.15, 0.2) is 6.20 Å². The van der Waals surface area contributed by atoms with Crippen molar-refractivity contribution in [2.24, 2.45) is 7.05 Å². The zero-order chi connectivity index (χ0) is 19.8. The van der Waals surface area contributed by atoms with Gasteiger partial charge in [-0.1, -0.05) is 0 Å². The van der Waals surface area contributed by atoms with Gasteiger partial charge in [0, 0.05) is 13.2 Å². The summed E-state index contributed by atoms with van der Waals surface area (Å²) in [6.45, 7) is 9.15. The fourth-order valence-electron chi connectivity index (χ4n) is 2.32. The lowest BCUT2D eigenvalue weighted by Gasteiger charge is -2.18. The molecule has 10 nitrogen and oxygen atoms in total. The van der Waals surface area contributed by atoms with Crippen LogP contribution in [0.4, 0.5) is 10.7 Å². The van der Waals surface area contributed by atoms with Crippen LogP contribution in [0.1, 0.15) is 43.8 Å². The van der Waals surface area contributed by atoms with E-state index >= 15 is 0 Å². The van der Waals surface area contributed by atoms with Gasteiger partial charge in [0.15, 0.2) is 17.3 Å². The second-order valence-electron chi connectivity index (χ2n) is 7.07. The van der Waals surface area contributed by atoms with Gasteiger partial charge in [-0.3, -0.25) is 10.3 Å². The Morgan fingerprint density at radius 2 is 1.93 bits per heavy atom. The minimum atomic E-state index is -0.607. The maximum absolute atomic E-state index is 11.8. The molecule has 0 spiro atoms. The largest absolute Gasteiger partial charge is 0.444 e. The zero-order valence-electron chi connectivity index (χ0n) is 16.2. The molecule has 0 radical (unpaired) electrons. The lowest BCUT2D eigenvalue weighted by Crippen LogP contribution is -2.27.